The SMILES string of the molecule is O=C(O)c1ccc(-c2c3nc(c(-c4ccc(C(=O)O)cc4)c4ccc([nH]4)c(-c4ccc(C(=O)O)cc4)c4nc(c(-c5ccc(C(=O)O)cc5)c5ccc2[nH]5)C=C4)C=C3)cc1.[Zn]. The minimum Gasteiger partial charge on any atom is -0.478 e. The first-order chi connectivity index (χ1) is 29.0. The maximum atomic E-state index is 11.8. The van der Waals surface area contributed by atoms with Gasteiger partial charge in [0, 0.05) is 63.8 Å². The largest absolute Gasteiger partial charge is 0.478 e. The van der Waals surface area contributed by atoms with Crippen LogP contribution in [0.5, 0.6) is 0 Å². The van der Waals surface area contributed by atoms with Gasteiger partial charge in [0.15, 0.2) is 0 Å². The van der Waals surface area contributed by atoms with Crippen LogP contribution < -0.4 is 0 Å². The summed E-state index contributed by atoms with van der Waals surface area (Å²) < 4.78 is 0. The van der Waals surface area contributed by atoms with Crippen LogP contribution in [0.1, 0.15) is 64.2 Å². The molecule has 4 aromatic carbocycles. The number of aromatic nitrogens is 4. The van der Waals surface area contributed by atoms with Crippen molar-refractivity contribution in [2.24, 2.45) is 0 Å². The Hall–Kier alpha value is -8.02. The van der Waals surface area contributed by atoms with Crippen LogP contribution >= 0.6 is 0 Å². The van der Waals surface area contributed by atoms with Crippen LogP contribution in [0.3, 0.4) is 0 Å². The molecule has 2 aliphatic rings. The molecule has 7 aromatic rings. The predicted octanol–water partition coefficient (Wildman–Crippen LogP) is 10.1. The molecule has 0 spiro atoms. The molecule has 0 atom stereocenters. The number of benzene rings is 4. The topological polar surface area (TPSA) is 207 Å². The average molecular weight is 856 g/mol. The molecule has 8 bridgehead atoms. The first-order valence-corrected chi connectivity index (χ1v) is 18.5. The predicted molar refractivity (Wildman–Crippen MR) is 228 cm³/mol. The maximum Gasteiger partial charge on any atom is 0.335 e. The van der Waals surface area contributed by atoms with Crippen molar-refractivity contribution in [3.05, 3.63) is 166 Å². The van der Waals surface area contributed by atoms with Crippen molar-refractivity contribution in [2.45, 2.75) is 0 Å². The smallest absolute Gasteiger partial charge is 0.335 e. The fourth-order valence-electron chi connectivity index (χ4n) is 7.54. The summed E-state index contributed by atoms with van der Waals surface area (Å²) in [4.78, 5) is 64.8. The molecule has 0 saturated heterocycles. The molecule has 9 rings (SSSR count). The zero-order chi connectivity index (χ0) is 41.7. The second kappa shape index (κ2) is 16.0. The minimum atomic E-state index is -1.06. The number of fused-ring (bicyclic) bond motifs is 8. The number of carboxylic acids is 4. The number of aromatic amines is 2. The van der Waals surface area contributed by atoms with Gasteiger partial charge in [-0.2, -0.15) is 0 Å². The third-order valence-corrected chi connectivity index (χ3v) is 10.4. The van der Waals surface area contributed by atoms with Gasteiger partial charge >= 0.3 is 23.9 Å². The number of hydrogen-bond acceptors (Lipinski definition) is 6. The van der Waals surface area contributed by atoms with Crippen LogP contribution in [0.15, 0.2) is 121 Å². The number of nitrogens with zero attached hydrogens (tertiary/aromatic N) is 2. The van der Waals surface area contributed by atoms with Gasteiger partial charge < -0.3 is 30.4 Å². The van der Waals surface area contributed by atoms with Crippen LogP contribution in [0.4, 0.5) is 0 Å². The number of H-pyrrole nitrogens is 2. The molecule has 0 saturated carbocycles. The molecule has 12 nitrogen and oxygen atoms in total. The number of carbonyl (C=O) groups is 4. The van der Waals surface area contributed by atoms with E-state index in [4.69, 9.17) is 9.97 Å². The van der Waals surface area contributed by atoms with E-state index in [2.05, 4.69) is 9.97 Å². The Morgan fingerprint density at radius 1 is 0.328 bits per heavy atom. The van der Waals surface area contributed by atoms with Gasteiger partial charge in [0.2, 0.25) is 0 Å². The van der Waals surface area contributed by atoms with E-state index >= 15 is 0 Å². The van der Waals surface area contributed by atoms with Gasteiger partial charge in [-0.05, 0) is 119 Å². The van der Waals surface area contributed by atoms with Crippen molar-refractivity contribution >= 4 is 70.2 Å². The number of carboxylic acid groups (broad SMARTS) is 4. The molecule has 2 aliphatic heterocycles. The molecule has 3 aromatic heterocycles. The molecular weight excluding hydrogens is 826 g/mol. The van der Waals surface area contributed by atoms with Crippen molar-refractivity contribution in [1.29, 1.82) is 0 Å². The Balaban J connectivity index is 0.00000514. The molecule has 0 aliphatic carbocycles. The molecule has 0 amide bonds. The Labute approximate surface area is 358 Å². The number of nitrogens with one attached hydrogen (secondary N) is 2. The van der Waals surface area contributed by atoms with E-state index in [1.807, 2.05) is 48.6 Å². The summed E-state index contributed by atoms with van der Waals surface area (Å²) >= 11 is 0. The van der Waals surface area contributed by atoms with Crippen LogP contribution in [0.2, 0.25) is 0 Å². The fourth-order valence-corrected chi connectivity index (χ4v) is 7.54. The second-order valence-corrected chi connectivity index (χ2v) is 14.0. The van der Waals surface area contributed by atoms with Gasteiger partial charge in [0.25, 0.3) is 0 Å². The number of hydrogen-bond donors (Lipinski definition) is 6. The van der Waals surface area contributed by atoms with E-state index in [0.29, 0.717) is 89.4 Å². The molecule has 6 N–H and O–H groups in total. The van der Waals surface area contributed by atoms with Crippen molar-refractivity contribution in [3.8, 4) is 44.5 Å². The van der Waals surface area contributed by atoms with Gasteiger partial charge in [0.1, 0.15) is 0 Å². The first-order valence-electron chi connectivity index (χ1n) is 18.5. The Kier molecular flexibility index (Phi) is 10.4. The first kappa shape index (κ1) is 39.8. The molecule has 0 radical (unpaired) electrons. The van der Waals surface area contributed by atoms with Crippen molar-refractivity contribution in [3.63, 3.8) is 0 Å². The summed E-state index contributed by atoms with van der Waals surface area (Å²) in [6.45, 7) is 0. The molecule has 5 heterocycles. The summed E-state index contributed by atoms with van der Waals surface area (Å²) in [5.74, 6) is -4.25. The molecule has 13 heteroatoms. The summed E-state index contributed by atoms with van der Waals surface area (Å²) in [6.07, 6.45) is 7.47. The van der Waals surface area contributed by atoms with E-state index in [1.54, 1.807) is 48.5 Å². The van der Waals surface area contributed by atoms with Gasteiger partial charge in [-0.3, -0.25) is 0 Å². The number of aromatic carboxylic acids is 4. The molecule has 292 valence electrons. The van der Waals surface area contributed by atoms with Crippen molar-refractivity contribution in [2.75, 3.05) is 0 Å². The molecule has 61 heavy (non-hydrogen) atoms. The van der Waals surface area contributed by atoms with Crippen LogP contribution in [0, 0.1) is 0 Å². The summed E-state index contributed by atoms with van der Waals surface area (Å²) in [6, 6.07) is 33.6. The third-order valence-electron chi connectivity index (χ3n) is 10.4. The van der Waals surface area contributed by atoms with E-state index in [9.17, 15) is 39.6 Å². The van der Waals surface area contributed by atoms with Crippen LogP contribution in [-0.4, -0.2) is 64.2 Å². The minimum absolute atomic E-state index is 0. The van der Waals surface area contributed by atoms with E-state index in [-0.39, 0.29) is 41.7 Å². The Bertz CT molecular complexity index is 2760. The van der Waals surface area contributed by atoms with Crippen molar-refractivity contribution in [1.82, 2.24) is 19.9 Å². The van der Waals surface area contributed by atoms with Crippen molar-refractivity contribution < 1.29 is 59.1 Å². The van der Waals surface area contributed by atoms with Gasteiger partial charge in [-0.25, -0.2) is 29.1 Å². The monoisotopic (exact) mass is 854 g/mol. The second-order valence-electron chi connectivity index (χ2n) is 14.0. The summed E-state index contributed by atoms with van der Waals surface area (Å²) in [7, 11) is 0. The summed E-state index contributed by atoms with van der Waals surface area (Å²) in [5, 5.41) is 38.7. The number of rotatable bonds is 8. The Morgan fingerprint density at radius 3 is 0.705 bits per heavy atom. The van der Waals surface area contributed by atoms with Gasteiger partial charge in [-0.1, -0.05) is 48.5 Å². The fraction of sp³-hybridized carbons (Fsp3) is 0. The normalized spacial score (nSPS) is 11.5. The maximum absolute atomic E-state index is 11.8. The molecule has 0 unspecified atom stereocenters. The Morgan fingerprint density at radius 2 is 0.525 bits per heavy atom. The van der Waals surface area contributed by atoms with E-state index < -0.39 is 23.9 Å². The van der Waals surface area contributed by atoms with E-state index in [1.165, 1.54) is 48.5 Å². The van der Waals surface area contributed by atoms with Gasteiger partial charge in [-0.15, -0.1) is 0 Å². The summed E-state index contributed by atoms with van der Waals surface area (Å²) in [5.41, 5.74) is 10.7. The standard InChI is InChI=1S/C48H30N4O8.Zn/c53-45(54)29-9-1-25(2-10-29)41-33-17-19-35(49-33)42(26-3-11-30(12-4-26)46(55)56)37-21-23-39(51-37)44(28-7-15-32(16-8-28)48(59)60)40-24-22-38(52-40)43(36-20-18-34(41)50-36)27-5-13-31(14-6-27)47(57)58;/h1-24,49,52H,(H,53,54)(H,55,56)(H,57,58)(H,59,60);. The average Bonchev–Trinajstić information content (AvgIpc) is 4.10. The van der Waals surface area contributed by atoms with Crippen LogP contribution in [-0.2, 0) is 19.5 Å². The zero-order valence-electron chi connectivity index (χ0n) is 31.9. The zero-order valence-corrected chi connectivity index (χ0v) is 34.8. The van der Waals surface area contributed by atoms with Crippen LogP contribution in [0.25, 0.3) is 90.9 Å². The van der Waals surface area contributed by atoms with E-state index in [0.717, 1.165) is 0 Å². The van der Waals surface area contributed by atoms with Gasteiger partial charge in [0.05, 0.1) is 45.0 Å². The quantitative estimate of drug-likeness (QED) is 0.0797. The third kappa shape index (κ3) is 7.46. The molecule has 0 fully saturated rings. The molecular formula is C48H30N4O8Zn.